The molecule has 0 saturated heterocycles. The van der Waals surface area contributed by atoms with Crippen LogP contribution in [0.5, 0.6) is 0 Å². The molecule has 0 spiro atoms. The summed E-state index contributed by atoms with van der Waals surface area (Å²) in [7, 11) is 0. The fourth-order valence-electron chi connectivity index (χ4n) is 1.25. The third kappa shape index (κ3) is 1.59. The molecule has 0 aliphatic rings. The van der Waals surface area contributed by atoms with Crippen LogP contribution < -0.4 is 10.8 Å². The van der Waals surface area contributed by atoms with Gasteiger partial charge in [-0.3, -0.25) is 4.79 Å². The molecule has 1 heterocycles. The molecule has 0 amide bonds. The number of aromatic nitrogens is 2. The molecule has 7 heteroatoms. The van der Waals surface area contributed by atoms with E-state index in [0.717, 1.165) is 18.5 Å². The number of rotatable bonds is 1. The Morgan fingerprint density at radius 3 is 2.93 bits per heavy atom. The fourth-order valence-corrected chi connectivity index (χ4v) is 1.25. The van der Waals surface area contributed by atoms with Crippen LogP contribution >= 0.6 is 0 Å². The first-order valence-corrected chi connectivity index (χ1v) is 4.00. The lowest BCUT2D eigenvalue weighted by molar-refractivity contribution is -0.992. The summed E-state index contributed by atoms with van der Waals surface area (Å²) in [5, 5.41) is 17.9. The van der Waals surface area contributed by atoms with E-state index in [1.807, 2.05) is 0 Å². The van der Waals surface area contributed by atoms with Crippen molar-refractivity contribution in [2.75, 3.05) is 0 Å². The lowest BCUT2D eigenvalue weighted by Gasteiger charge is -2.12. The third-order valence-electron chi connectivity index (χ3n) is 1.96. The first kappa shape index (κ1) is 9.71. The predicted molar refractivity (Wildman–Crippen MR) is 48.1 cm³/mol. The van der Waals surface area contributed by atoms with E-state index in [-0.39, 0.29) is 10.9 Å². The maximum Gasteiger partial charge on any atom is 0.258 e. The highest BCUT2D eigenvalue weighted by atomic mass is 19.1. The van der Waals surface area contributed by atoms with E-state index in [9.17, 15) is 14.4 Å². The fraction of sp³-hybridized carbons (Fsp3) is 0. The van der Waals surface area contributed by atoms with Crippen molar-refractivity contribution in [1.82, 2.24) is 9.97 Å². The first-order valence-electron chi connectivity index (χ1n) is 4.00. The Bertz CT molecular complexity index is 567. The van der Waals surface area contributed by atoms with E-state index in [2.05, 4.69) is 9.97 Å². The van der Waals surface area contributed by atoms with Gasteiger partial charge in [-0.15, -0.1) is 0 Å². The largest absolute Gasteiger partial charge is 0.595 e. The molecule has 0 fully saturated rings. The highest BCUT2D eigenvalue weighted by molar-refractivity contribution is 5.79. The molecule has 0 radical (unpaired) electrons. The number of hydrogen-bond acceptors (Lipinski definition) is 4. The van der Waals surface area contributed by atoms with E-state index in [1.54, 1.807) is 0 Å². The van der Waals surface area contributed by atoms with Crippen LogP contribution in [0.15, 0.2) is 23.3 Å². The second-order valence-corrected chi connectivity index (χ2v) is 2.89. The van der Waals surface area contributed by atoms with Crippen molar-refractivity contribution in [2.45, 2.75) is 0 Å². The van der Waals surface area contributed by atoms with Crippen LogP contribution in [-0.2, 0) is 0 Å². The number of benzene rings is 1. The highest BCUT2D eigenvalue weighted by Crippen LogP contribution is 2.15. The minimum atomic E-state index is -1.42. The van der Waals surface area contributed by atoms with Crippen molar-refractivity contribution in [3.8, 4) is 0 Å². The van der Waals surface area contributed by atoms with Gasteiger partial charge in [0.05, 0.1) is 17.2 Å². The van der Waals surface area contributed by atoms with Gasteiger partial charge in [-0.1, -0.05) is 0 Å². The standard InChI is InChI=1S/C8H6FN3O3/c9-5-2-6-4(1-7(5)12(14)15)8(13)11-3-10-6/h1-3,12,14H,(H,10,11,13). The number of nitrogens with one attached hydrogen (secondary N) is 2. The zero-order valence-corrected chi connectivity index (χ0v) is 7.32. The third-order valence-corrected chi connectivity index (χ3v) is 1.96. The van der Waals surface area contributed by atoms with E-state index < -0.39 is 22.3 Å². The van der Waals surface area contributed by atoms with E-state index >= 15 is 0 Å². The summed E-state index contributed by atoms with van der Waals surface area (Å²) < 4.78 is 13.2. The quantitative estimate of drug-likeness (QED) is 0.552. The SMILES string of the molecule is O=c1[nH]cnc2cc(F)c([NH+]([O-])O)cc12. The van der Waals surface area contributed by atoms with Crippen LogP contribution in [0, 0.1) is 11.0 Å². The molecule has 0 bridgehead atoms. The molecule has 2 rings (SSSR count). The van der Waals surface area contributed by atoms with Crippen molar-refractivity contribution < 1.29 is 14.8 Å². The second-order valence-electron chi connectivity index (χ2n) is 2.89. The minimum absolute atomic E-state index is 0.0521. The molecule has 78 valence electrons. The summed E-state index contributed by atoms with van der Waals surface area (Å²) in [6, 6.07) is 1.90. The molecule has 1 aromatic heterocycles. The van der Waals surface area contributed by atoms with Crippen LogP contribution in [0.1, 0.15) is 0 Å². The molecule has 1 unspecified atom stereocenters. The minimum Gasteiger partial charge on any atom is -0.595 e. The van der Waals surface area contributed by atoms with Gasteiger partial charge < -0.3 is 10.2 Å². The summed E-state index contributed by atoms with van der Waals surface area (Å²) in [6.45, 7) is 0. The number of hydrogen-bond donors (Lipinski definition) is 3. The lowest BCUT2D eigenvalue weighted by Crippen LogP contribution is -2.99. The maximum atomic E-state index is 13.2. The number of fused-ring (bicyclic) bond motifs is 1. The topological polar surface area (TPSA) is 93.5 Å². The van der Waals surface area contributed by atoms with Crippen molar-refractivity contribution in [3.05, 3.63) is 39.8 Å². The molecule has 1 atom stereocenters. The van der Waals surface area contributed by atoms with Crippen molar-refractivity contribution in [3.63, 3.8) is 0 Å². The second kappa shape index (κ2) is 3.39. The molecule has 0 aliphatic carbocycles. The zero-order chi connectivity index (χ0) is 11.0. The van der Waals surface area contributed by atoms with E-state index in [1.165, 1.54) is 0 Å². The Labute approximate surface area is 82.1 Å². The summed E-state index contributed by atoms with van der Waals surface area (Å²) in [4.78, 5) is 17.2. The molecule has 3 N–H and O–H groups in total. The van der Waals surface area contributed by atoms with Gasteiger partial charge >= 0.3 is 0 Å². The van der Waals surface area contributed by atoms with Gasteiger partial charge in [0.2, 0.25) is 5.69 Å². The number of quaternary nitrogens is 1. The van der Waals surface area contributed by atoms with Gasteiger partial charge in [0.25, 0.3) is 5.56 Å². The molecular weight excluding hydrogens is 205 g/mol. The van der Waals surface area contributed by atoms with Crippen LogP contribution in [0.3, 0.4) is 0 Å². The van der Waals surface area contributed by atoms with Gasteiger partial charge in [-0.2, -0.15) is 5.23 Å². The van der Waals surface area contributed by atoms with Gasteiger partial charge in [-0.05, 0) is 0 Å². The first-order chi connectivity index (χ1) is 7.09. The normalized spacial score (nSPS) is 13.0. The number of aromatic amines is 1. The summed E-state index contributed by atoms with van der Waals surface area (Å²) in [5.74, 6) is -0.909. The Balaban J connectivity index is 2.84. The van der Waals surface area contributed by atoms with Crippen LogP contribution in [-0.4, -0.2) is 15.2 Å². The van der Waals surface area contributed by atoms with Crippen molar-refractivity contribution in [2.24, 2.45) is 0 Å². The molecule has 1 aromatic carbocycles. The zero-order valence-electron chi connectivity index (χ0n) is 7.32. The van der Waals surface area contributed by atoms with E-state index in [4.69, 9.17) is 5.21 Å². The Kier molecular flexibility index (Phi) is 2.19. The lowest BCUT2D eigenvalue weighted by atomic mass is 10.2. The summed E-state index contributed by atoms with van der Waals surface area (Å²) >= 11 is 0. The predicted octanol–water partition coefficient (Wildman–Crippen LogP) is -0.534. The molecule has 0 saturated carbocycles. The van der Waals surface area contributed by atoms with E-state index in [0.29, 0.717) is 0 Å². The monoisotopic (exact) mass is 211 g/mol. The Hall–Kier alpha value is -1.83. The van der Waals surface area contributed by atoms with Gasteiger partial charge in [0.15, 0.2) is 5.82 Å². The molecule has 6 nitrogen and oxygen atoms in total. The Morgan fingerprint density at radius 2 is 2.27 bits per heavy atom. The van der Waals surface area contributed by atoms with Crippen LogP contribution in [0.25, 0.3) is 10.9 Å². The molecule has 0 aliphatic heterocycles. The molecule has 15 heavy (non-hydrogen) atoms. The number of halogens is 1. The molecular formula is C8H6FN3O3. The smallest absolute Gasteiger partial charge is 0.258 e. The van der Waals surface area contributed by atoms with Crippen LogP contribution in [0.2, 0.25) is 0 Å². The summed E-state index contributed by atoms with van der Waals surface area (Å²) in [5.41, 5.74) is -0.912. The Morgan fingerprint density at radius 1 is 1.53 bits per heavy atom. The molecule has 2 aromatic rings. The highest BCUT2D eigenvalue weighted by Gasteiger charge is 2.12. The number of nitrogens with zero attached hydrogens (tertiary/aromatic N) is 1. The van der Waals surface area contributed by atoms with Crippen LogP contribution in [0.4, 0.5) is 10.1 Å². The van der Waals surface area contributed by atoms with Gasteiger partial charge in [-0.25, -0.2) is 14.6 Å². The van der Waals surface area contributed by atoms with Gasteiger partial charge in [0, 0.05) is 12.1 Å². The maximum absolute atomic E-state index is 13.2. The van der Waals surface area contributed by atoms with Gasteiger partial charge in [0.1, 0.15) is 0 Å². The number of H-pyrrole nitrogens is 1. The average molecular weight is 211 g/mol. The summed E-state index contributed by atoms with van der Waals surface area (Å²) in [6.07, 6.45) is 1.13. The average Bonchev–Trinajstić information content (AvgIpc) is 2.16. The van der Waals surface area contributed by atoms with Crippen molar-refractivity contribution in [1.29, 1.82) is 0 Å². The van der Waals surface area contributed by atoms with Crippen molar-refractivity contribution >= 4 is 16.6 Å².